The number of nitrogens with one attached hydrogen (secondary N) is 2. The molecule has 0 aromatic carbocycles. The molecular formula is C45H88N6O4. The average Bonchev–Trinajstić information content (AvgIpc) is 3.88. The first-order chi connectivity index (χ1) is 26.7. The van der Waals surface area contributed by atoms with Crippen LogP contribution in [-0.4, -0.2) is 122 Å². The summed E-state index contributed by atoms with van der Waals surface area (Å²) in [4.78, 5) is 58.2. The van der Waals surface area contributed by atoms with Crippen LogP contribution in [0, 0.1) is 0 Å². The van der Waals surface area contributed by atoms with E-state index in [2.05, 4.69) is 48.1 Å². The quantitative estimate of drug-likeness (QED) is 0.0687. The summed E-state index contributed by atoms with van der Waals surface area (Å²) in [5.74, 6) is 0.428. The molecule has 10 heteroatoms. The molecule has 55 heavy (non-hydrogen) atoms. The first-order valence-corrected chi connectivity index (χ1v) is 23.2. The van der Waals surface area contributed by atoms with Crippen molar-refractivity contribution in [1.29, 1.82) is 0 Å². The van der Waals surface area contributed by atoms with Crippen LogP contribution in [0.15, 0.2) is 0 Å². The fourth-order valence-corrected chi connectivity index (χ4v) is 7.84. The molecule has 4 amide bonds. The summed E-state index contributed by atoms with van der Waals surface area (Å²) in [6.45, 7) is 16.0. The van der Waals surface area contributed by atoms with Crippen LogP contribution in [0.25, 0.3) is 0 Å². The van der Waals surface area contributed by atoms with Crippen molar-refractivity contribution in [2.24, 2.45) is 0 Å². The highest BCUT2D eigenvalue weighted by molar-refractivity contribution is 5.88. The second kappa shape index (κ2) is 33.9. The van der Waals surface area contributed by atoms with Crippen LogP contribution in [0.2, 0.25) is 0 Å². The molecule has 0 radical (unpaired) electrons. The van der Waals surface area contributed by atoms with E-state index in [0.717, 1.165) is 116 Å². The van der Waals surface area contributed by atoms with E-state index in [4.69, 9.17) is 0 Å². The summed E-state index contributed by atoms with van der Waals surface area (Å²) in [6, 6.07) is -0.477. The van der Waals surface area contributed by atoms with Crippen molar-refractivity contribution >= 4 is 23.6 Å². The van der Waals surface area contributed by atoms with Crippen LogP contribution in [0.5, 0.6) is 0 Å². The lowest BCUT2D eigenvalue weighted by atomic mass is 10.1. The number of hydrogen-bond acceptors (Lipinski definition) is 6. The first-order valence-electron chi connectivity index (χ1n) is 23.2. The minimum atomic E-state index is -0.240. The van der Waals surface area contributed by atoms with Crippen LogP contribution in [0.4, 0.5) is 0 Å². The van der Waals surface area contributed by atoms with Gasteiger partial charge in [0.2, 0.25) is 23.6 Å². The Bertz CT molecular complexity index is 990. The zero-order valence-electron chi connectivity index (χ0n) is 36.9. The topological polar surface area (TPSA) is 105 Å². The van der Waals surface area contributed by atoms with E-state index in [1.54, 1.807) is 0 Å². The summed E-state index contributed by atoms with van der Waals surface area (Å²) in [6.07, 6.45) is 27.6. The number of nitrogens with zero attached hydrogens (tertiary/aromatic N) is 4. The SMILES string of the molecule is CCCCCCCCCCC(=O)N1CCC[C@@H]1C(=O)NCCCCN(CC)CC.CCCCCCCCCCC(=O)N1CCC[C@@H]1C(=O)NCCCN(C)C. The monoisotopic (exact) mass is 777 g/mol. The number of rotatable bonds is 31. The molecule has 2 N–H and O–H groups in total. The molecule has 0 aliphatic carbocycles. The van der Waals surface area contributed by atoms with Crippen LogP contribution in [0.1, 0.15) is 188 Å². The Morgan fingerprint density at radius 3 is 1.31 bits per heavy atom. The third kappa shape index (κ3) is 24.2. The summed E-state index contributed by atoms with van der Waals surface area (Å²) in [7, 11) is 4.06. The average molecular weight is 777 g/mol. The number of carbonyl (C=O) groups is 4. The second-order valence-electron chi connectivity index (χ2n) is 16.4. The molecule has 0 spiro atoms. The fourth-order valence-electron chi connectivity index (χ4n) is 7.84. The molecule has 2 heterocycles. The molecule has 10 nitrogen and oxygen atoms in total. The van der Waals surface area contributed by atoms with Gasteiger partial charge in [-0.15, -0.1) is 0 Å². The van der Waals surface area contributed by atoms with Crippen molar-refractivity contribution < 1.29 is 19.2 Å². The van der Waals surface area contributed by atoms with Gasteiger partial charge in [0.05, 0.1) is 0 Å². The van der Waals surface area contributed by atoms with Gasteiger partial charge in [-0.05, 0) is 98.1 Å². The Balaban J connectivity index is 0.000000553. The fraction of sp³-hybridized carbons (Fsp3) is 0.911. The maximum absolute atomic E-state index is 12.6. The number of amides is 4. The van der Waals surface area contributed by atoms with Crippen LogP contribution in [-0.2, 0) is 19.2 Å². The van der Waals surface area contributed by atoms with Gasteiger partial charge >= 0.3 is 0 Å². The van der Waals surface area contributed by atoms with Crippen molar-refractivity contribution in [3.63, 3.8) is 0 Å². The zero-order chi connectivity index (χ0) is 40.5. The smallest absolute Gasteiger partial charge is 0.242 e. The van der Waals surface area contributed by atoms with Gasteiger partial charge in [0.25, 0.3) is 0 Å². The van der Waals surface area contributed by atoms with Crippen molar-refractivity contribution in [3.8, 4) is 0 Å². The molecule has 0 bridgehead atoms. The predicted molar refractivity (Wildman–Crippen MR) is 230 cm³/mol. The molecule has 0 unspecified atom stereocenters. The molecule has 2 aliphatic rings. The summed E-state index contributed by atoms with van der Waals surface area (Å²) < 4.78 is 0. The molecule has 2 atom stereocenters. The van der Waals surface area contributed by atoms with E-state index in [-0.39, 0.29) is 35.7 Å². The van der Waals surface area contributed by atoms with Gasteiger partial charge in [0.15, 0.2) is 0 Å². The lowest BCUT2D eigenvalue weighted by Gasteiger charge is -2.24. The Kier molecular flexibility index (Phi) is 31.3. The molecule has 0 saturated carbocycles. The van der Waals surface area contributed by atoms with E-state index < -0.39 is 0 Å². The van der Waals surface area contributed by atoms with Crippen molar-refractivity contribution in [1.82, 2.24) is 30.2 Å². The summed E-state index contributed by atoms with van der Waals surface area (Å²) >= 11 is 0. The Hall–Kier alpha value is -2.20. The standard InChI is InChI=1S/C24H47N3O2.C21H41N3O2/c1-4-7-8-9-10-11-12-13-18-23(28)27-21-16-17-22(27)24(29)25-19-14-15-20-26(5-2)6-3;1-4-5-6-7-8-9-10-11-15-20(25)24-18-12-14-19(24)21(26)22-16-13-17-23(2)3/h22H,4-21H2,1-3H3,(H,25,29);19H,4-18H2,1-3H3,(H,22,26)/t22-;19-/m11/s1. The van der Waals surface area contributed by atoms with Crippen molar-refractivity contribution in [2.75, 3.05) is 66.5 Å². The van der Waals surface area contributed by atoms with E-state index in [1.165, 1.54) is 77.0 Å². The molecule has 322 valence electrons. The van der Waals surface area contributed by atoms with Gasteiger partial charge in [0.1, 0.15) is 12.1 Å². The number of likely N-dealkylation sites (tertiary alicyclic amines) is 2. The lowest BCUT2D eigenvalue weighted by molar-refractivity contribution is -0.138. The van der Waals surface area contributed by atoms with Gasteiger partial charge in [-0.2, -0.15) is 0 Å². The maximum Gasteiger partial charge on any atom is 0.242 e. The van der Waals surface area contributed by atoms with Gasteiger partial charge in [-0.1, -0.05) is 118 Å². The van der Waals surface area contributed by atoms with Gasteiger partial charge in [-0.25, -0.2) is 0 Å². The van der Waals surface area contributed by atoms with Gasteiger partial charge in [-0.3, -0.25) is 19.2 Å². The first kappa shape index (κ1) is 50.8. The molecule has 0 aromatic heterocycles. The summed E-state index contributed by atoms with van der Waals surface area (Å²) in [5, 5.41) is 6.07. The Morgan fingerprint density at radius 2 is 0.909 bits per heavy atom. The van der Waals surface area contributed by atoms with E-state index in [1.807, 2.05) is 23.9 Å². The minimum absolute atomic E-state index is 0.0329. The van der Waals surface area contributed by atoms with E-state index in [9.17, 15) is 19.2 Å². The Labute approximate surface area is 339 Å². The van der Waals surface area contributed by atoms with Crippen LogP contribution in [0.3, 0.4) is 0 Å². The molecule has 0 aromatic rings. The van der Waals surface area contributed by atoms with Gasteiger partial charge in [0, 0.05) is 39.0 Å². The molecule has 2 aliphatic heterocycles. The number of unbranched alkanes of at least 4 members (excludes halogenated alkanes) is 15. The molecule has 2 saturated heterocycles. The summed E-state index contributed by atoms with van der Waals surface area (Å²) in [5.41, 5.74) is 0. The highest BCUT2D eigenvalue weighted by Crippen LogP contribution is 2.21. The zero-order valence-corrected chi connectivity index (χ0v) is 36.9. The van der Waals surface area contributed by atoms with Crippen molar-refractivity contribution in [2.45, 2.75) is 200 Å². The Morgan fingerprint density at radius 1 is 0.509 bits per heavy atom. The third-order valence-corrected chi connectivity index (χ3v) is 11.4. The predicted octanol–water partition coefficient (Wildman–Crippen LogP) is 8.32. The van der Waals surface area contributed by atoms with Crippen LogP contribution < -0.4 is 10.6 Å². The highest BCUT2D eigenvalue weighted by atomic mass is 16.2. The second-order valence-corrected chi connectivity index (χ2v) is 16.4. The number of hydrogen-bond donors (Lipinski definition) is 2. The van der Waals surface area contributed by atoms with Crippen LogP contribution >= 0.6 is 0 Å². The lowest BCUT2D eigenvalue weighted by Crippen LogP contribution is -2.46. The molecular weight excluding hydrogens is 689 g/mol. The highest BCUT2D eigenvalue weighted by Gasteiger charge is 2.34. The minimum Gasteiger partial charge on any atom is -0.354 e. The van der Waals surface area contributed by atoms with E-state index >= 15 is 0 Å². The largest absolute Gasteiger partial charge is 0.354 e. The number of carbonyl (C=O) groups excluding carboxylic acids is 4. The third-order valence-electron chi connectivity index (χ3n) is 11.4. The normalized spacial score (nSPS) is 16.8. The molecule has 2 rings (SSSR count). The van der Waals surface area contributed by atoms with Crippen molar-refractivity contribution in [3.05, 3.63) is 0 Å². The van der Waals surface area contributed by atoms with E-state index in [0.29, 0.717) is 19.4 Å². The maximum atomic E-state index is 12.6. The van der Waals surface area contributed by atoms with Gasteiger partial charge < -0.3 is 30.2 Å². The molecule has 2 fully saturated rings.